The lowest BCUT2D eigenvalue weighted by Crippen LogP contribution is -3.14. The topological polar surface area (TPSA) is 76.0 Å². The molecular formula is C20H27N4O3S+. The van der Waals surface area contributed by atoms with Gasteiger partial charge < -0.3 is 19.9 Å². The number of aryl methyl sites for hydroxylation is 1. The summed E-state index contributed by atoms with van der Waals surface area (Å²) in [6.07, 6.45) is 2.56. The minimum atomic E-state index is -0.231. The van der Waals surface area contributed by atoms with E-state index in [4.69, 9.17) is 4.74 Å². The maximum atomic E-state index is 13.1. The predicted molar refractivity (Wildman–Crippen MR) is 109 cm³/mol. The van der Waals surface area contributed by atoms with Gasteiger partial charge in [0.1, 0.15) is 19.6 Å². The van der Waals surface area contributed by atoms with Gasteiger partial charge in [0, 0.05) is 17.1 Å². The summed E-state index contributed by atoms with van der Waals surface area (Å²) in [5, 5.41) is 5.11. The number of amides is 2. The molecule has 1 aliphatic rings. The third kappa shape index (κ3) is 5.85. The molecule has 1 saturated heterocycles. The Bertz CT molecular complexity index is 758. The third-order valence-electron chi connectivity index (χ3n) is 4.84. The van der Waals surface area contributed by atoms with Crippen molar-refractivity contribution in [3.8, 4) is 0 Å². The Kier molecular flexibility index (Phi) is 7.53. The first-order valence-electron chi connectivity index (χ1n) is 9.64. The zero-order valence-corrected chi connectivity index (χ0v) is 17.0. The van der Waals surface area contributed by atoms with Gasteiger partial charge in [-0.2, -0.15) is 0 Å². The van der Waals surface area contributed by atoms with Gasteiger partial charge in [0.05, 0.1) is 26.3 Å². The summed E-state index contributed by atoms with van der Waals surface area (Å²) in [6.45, 7) is 6.76. The Morgan fingerprint density at radius 2 is 2.00 bits per heavy atom. The zero-order valence-electron chi connectivity index (χ0n) is 16.1. The number of carbonyl (C=O) groups is 2. The third-order valence-corrected chi connectivity index (χ3v) is 5.53. The standard InChI is InChI=1S/C20H26N4O3S/c1-2-16-3-5-17(6-4-16)19(26)24(9-8-23-10-12-27-13-11-23)15-18(25)22-20-21-7-14-28-20/h3-7,14H,2,8-13,15H2,1H3,(H,21,22,25)/p+1. The van der Waals surface area contributed by atoms with Crippen LogP contribution in [0.3, 0.4) is 0 Å². The van der Waals surface area contributed by atoms with E-state index in [9.17, 15) is 9.59 Å². The number of nitrogens with zero attached hydrogens (tertiary/aromatic N) is 2. The number of ether oxygens (including phenoxy) is 1. The van der Waals surface area contributed by atoms with E-state index in [2.05, 4.69) is 17.2 Å². The first kappa shape index (κ1) is 20.4. The molecule has 150 valence electrons. The summed E-state index contributed by atoms with van der Waals surface area (Å²) >= 11 is 1.36. The van der Waals surface area contributed by atoms with Crippen LogP contribution in [0, 0.1) is 0 Å². The minimum Gasteiger partial charge on any atom is -0.370 e. The molecule has 1 fully saturated rings. The van der Waals surface area contributed by atoms with E-state index in [1.807, 2.05) is 24.3 Å². The van der Waals surface area contributed by atoms with E-state index in [1.165, 1.54) is 21.8 Å². The molecular weight excluding hydrogens is 376 g/mol. The van der Waals surface area contributed by atoms with Crippen molar-refractivity contribution in [2.45, 2.75) is 13.3 Å². The summed E-state index contributed by atoms with van der Waals surface area (Å²) in [4.78, 5) is 32.6. The molecule has 2 aromatic rings. The Hall–Kier alpha value is -2.29. The highest BCUT2D eigenvalue weighted by molar-refractivity contribution is 7.13. The second-order valence-electron chi connectivity index (χ2n) is 6.77. The number of rotatable bonds is 8. The fourth-order valence-electron chi connectivity index (χ4n) is 3.14. The van der Waals surface area contributed by atoms with Crippen LogP contribution in [0.15, 0.2) is 35.8 Å². The van der Waals surface area contributed by atoms with Crippen molar-refractivity contribution in [2.24, 2.45) is 0 Å². The van der Waals surface area contributed by atoms with Crippen molar-refractivity contribution in [3.63, 3.8) is 0 Å². The smallest absolute Gasteiger partial charge is 0.254 e. The van der Waals surface area contributed by atoms with Gasteiger partial charge in [-0.05, 0) is 24.1 Å². The Morgan fingerprint density at radius 3 is 2.64 bits per heavy atom. The lowest BCUT2D eigenvalue weighted by atomic mass is 10.1. The summed E-state index contributed by atoms with van der Waals surface area (Å²) in [5.41, 5.74) is 1.79. The van der Waals surface area contributed by atoms with Crippen LogP contribution in [0.2, 0.25) is 0 Å². The number of nitrogens with one attached hydrogen (secondary N) is 2. The number of anilines is 1. The van der Waals surface area contributed by atoms with Gasteiger partial charge in [-0.15, -0.1) is 11.3 Å². The van der Waals surface area contributed by atoms with Gasteiger partial charge in [0.15, 0.2) is 5.13 Å². The molecule has 0 aliphatic carbocycles. The molecule has 0 saturated carbocycles. The van der Waals surface area contributed by atoms with Crippen LogP contribution in [-0.4, -0.2) is 67.6 Å². The average Bonchev–Trinajstić information content (AvgIpc) is 3.24. The van der Waals surface area contributed by atoms with Gasteiger partial charge in [-0.25, -0.2) is 4.98 Å². The minimum absolute atomic E-state index is 0.0116. The van der Waals surface area contributed by atoms with Crippen molar-refractivity contribution in [1.29, 1.82) is 0 Å². The van der Waals surface area contributed by atoms with Gasteiger partial charge in [-0.1, -0.05) is 19.1 Å². The lowest BCUT2D eigenvalue weighted by Gasteiger charge is -2.27. The first-order chi connectivity index (χ1) is 13.7. The normalized spacial score (nSPS) is 14.6. The monoisotopic (exact) mass is 403 g/mol. The van der Waals surface area contributed by atoms with Crippen LogP contribution >= 0.6 is 11.3 Å². The highest BCUT2D eigenvalue weighted by Crippen LogP contribution is 2.11. The van der Waals surface area contributed by atoms with Crippen molar-refractivity contribution >= 4 is 28.3 Å². The number of hydrogen-bond donors (Lipinski definition) is 2. The number of morpholine rings is 1. The molecule has 1 aromatic heterocycles. The summed E-state index contributed by atoms with van der Waals surface area (Å²) < 4.78 is 5.40. The predicted octanol–water partition coefficient (Wildman–Crippen LogP) is 0.702. The number of thiazole rings is 1. The molecule has 2 amide bonds. The van der Waals surface area contributed by atoms with Gasteiger partial charge in [-0.3, -0.25) is 9.59 Å². The molecule has 28 heavy (non-hydrogen) atoms. The van der Waals surface area contributed by atoms with Crippen LogP contribution in [0.25, 0.3) is 0 Å². The van der Waals surface area contributed by atoms with E-state index >= 15 is 0 Å². The maximum Gasteiger partial charge on any atom is 0.254 e. The van der Waals surface area contributed by atoms with Crippen LogP contribution in [0.5, 0.6) is 0 Å². The maximum absolute atomic E-state index is 13.1. The van der Waals surface area contributed by atoms with Crippen LogP contribution in [0.4, 0.5) is 5.13 Å². The highest BCUT2D eigenvalue weighted by Gasteiger charge is 2.22. The van der Waals surface area contributed by atoms with Crippen LogP contribution in [-0.2, 0) is 16.0 Å². The van der Waals surface area contributed by atoms with Crippen LogP contribution < -0.4 is 10.2 Å². The molecule has 1 aliphatic heterocycles. The molecule has 0 spiro atoms. The second kappa shape index (κ2) is 10.3. The summed E-state index contributed by atoms with van der Waals surface area (Å²) in [6, 6.07) is 7.62. The first-order valence-corrected chi connectivity index (χ1v) is 10.5. The molecule has 7 nitrogen and oxygen atoms in total. The molecule has 0 atom stereocenters. The SMILES string of the molecule is CCc1ccc(C(=O)N(CC[NH+]2CCOCC2)CC(=O)Nc2nccs2)cc1. The van der Waals surface area contributed by atoms with Crippen molar-refractivity contribution in [2.75, 3.05) is 51.3 Å². The zero-order chi connectivity index (χ0) is 19.8. The van der Waals surface area contributed by atoms with Gasteiger partial charge in [0.2, 0.25) is 5.91 Å². The van der Waals surface area contributed by atoms with Crippen molar-refractivity contribution in [3.05, 3.63) is 47.0 Å². The van der Waals surface area contributed by atoms with Crippen molar-refractivity contribution in [1.82, 2.24) is 9.88 Å². The molecule has 2 heterocycles. The Morgan fingerprint density at radius 1 is 1.25 bits per heavy atom. The fourth-order valence-corrected chi connectivity index (χ4v) is 3.68. The summed E-state index contributed by atoms with van der Waals surface area (Å²) in [7, 11) is 0. The largest absolute Gasteiger partial charge is 0.370 e. The van der Waals surface area contributed by atoms with Gasteiger partial charge >= 0.3 is 0 Å². The molecule has 0 unspecified atom stereocenters. The van der Waals surface area contributed by atoms with Gasteiger partial charge in [0.25, 0.3) is 5.91 Å². The summed E-state index contributed by atoms with van der Waals surface area (Å²) in [5.74, 6) is -0.352. The number of aromatic nitrogens is 1. The number of quaternary nitrogens is 1. The second-order valence-corrected chi connectivity index (χ2v) is 7.67. The number of hydrogen-bond acceptors (Lipinski definition) is 5. The Labute approximate surface area is 169 Å². The van der Waals surface area contributed by atoms with Crippen molar-refractivity contribution < 1.29 is 19.2 Å². The van der Waals surface area contributed by atoms with E-state index in [1.54, 1.807) is 16.5 Å². The lowest BCUT2D eigenvalue weighted by molar-refractivity contribution is -0.907. The molecule has 0 radical (unpaired) electrons. The van der Waals surface area contributed by atoms with E-state index in [0.717, 1.165) is 39.3 Å². The van der Waals surface area contributed by atoms with E-state index < -0.39 is 0 Å². The number of benzene rings is 1. The van der Waals surface area contributed by atoms with Crippen LogP contribution in [0.1, 0.15) is 22.8 Å². The van der Waals surface area contributed by atoms with E-state index in [-0.39, 0.29) is 18.4 Å². The molecule has 8 heteroatoms. The van der Waals surface area contributed by atoms with E-state index in [0.29, 0.717) is 17.2 Å². The highest BCUT2D eigenvalue weighted by atomic mass is 32.1. The Balaban J connectivity index is 1.66. The quantitative estimate of drug-likeness (QED) is 0.681. The molecule has 2 N–H and O–H groups in total. The average molecular weight is 404 g/mol. The molecule has 0 bridgehead atoms. The number of carbonyl (C=O) groups excluding carboxylic acids is 2. The fraction of sp³-hybridized carbons (Fsp3) is 0.450. The molecule has 1 aromatic carbocycles. The molecule has 3 rings (SSSR count).